The summed E-state index contributed by atoms with van der Waals surface area (Å²) in [6, 6.07) is 8.41. The Hall–Kier alpha value is -1.78. The Kier molecular flexibility index (Phi) is 5.04. The summed E-state index contributed by atoms with van der Waals surface area (Å²) in [5.74, 6) is 0.533. The number of rotatable bonds is 5. The highest BCUT2D eigenvalue weighted by Crippen LogP contribution is 2.22. The van der Waals surface area contributed by atoms with Gasteiger partial charge in [-0.05, 0) is 44.0 Å². The third-order valence-electron chi connectivity index (χ3n) is 3.46. The molecule has 1 N–H and O–H groups in total. The van der Waals surface area contributed by atoms with E-state index in [1.807, 2.05) is 13.0 Å². The molecule has 0 aliphatic carbocycles. The smallest absolute Gasteiger partial charge is 0.301 e. The highest BCUT2D eigenvalue weighted by Gasteiger charge is 2.29. The molecule has 0 bridgehead atoms. The molecule has 1 saturated heterocycles. The van der Waals surface area contributed by atoms with Gasteiger partial charge in [-0.3, -0.25) is 4.72 Å². The van der Waals surface area contributed by atoms with Crippen molar-refractivity contribution in [2.45, 2.75) is 32.2 Å². The van der Waals surface area contributed by atoms with Crippen molar-refractivity contribution in [3.8, 4) is 11.8 Å². The van der Waals surface area contributed by atoms with Crippen LogP contribution in [0.3, 0.4) is 0 Å². The van der Waals surface area contributed by atoms with Gasteiger partial charge >= 0.3 is 10.2 Å². The molecule has 1 heterocycles. The lowest BCUT2D eigenvalue weighted by atomic mass is 10.1. The van der Waals surface area contributed by atoms with Gasteiger partial charge in [0.15, 0.2) is 6.61 Å². The number of hydrogen-bond donors (Lipinski definition) is 1. The summed E-state index contributed by atoms with van der Waals surface area (Å²) in [5, 5.41) is 8.43. The molecule has 2 rings (SSSR count). The lowest BCUT2D eigenvalue weighted by Gasteiger charge is -2.32. The summed E-state index contributed by atoms with van der Waals surface area (Å²) in [6.45, 7) is 2.45. The molecular formula is C14H19N3O3S. The first-order valence-electron chi connectivity index (χ1n) is 6.92. The summed E-state index contributed by atoms with van der Waals surface area (Å²) >= 11 is 0. The van der Waals surface area contributed by atoms with Gasteiger partial charge in [-0.15, -0.1) is 0 Å². The van der Waals surface area contributed by atoms with Crippen LogP contribution < -0.4 is 9.46 Å². The van der Waals surface area contributed by atoms with Crippen LogP contribution >= 0.6 is 0 Å². The minimum absolute atomic E-state index is 0.0227. The maximum Gasteiger partial charge on any atom is 0.301 e. The molecule has 1 aromatic carbocycles. The zero-order valence-corrected chi connectivity index (χ0v) is 12.8. The third-order valence-corrected chi connectivity index (χ3v) is 5.11. The number of nitrogens with one attached hydrogen (secondary N) is 1. The summed E-state index contributed by atoms with van der Waals surface area (Å²) in [6.07, 6.45) is 2.85. The molecule has 7 heteroatoms. The Labute approximate surface area is 125 Å². The fourth-order valence-corrected chi connectivity index (χ4v) is 3.87. The van der Waals surface area contributed by atoms with Crippen LogP contribution in [0.1, 0.15) is 26.2 Å². The van der Waals surface area contributed by atoms with Gasteiger partial charge in [-0.2, -0.15) is 18.0 Å². The molecule has 0 aromatic heterocycles. The molecule has 1 fully saturated rings. The second-order valence-electron chi connectivity index (χ2n) is 5.03. The SMILES string of the molecule is CC1CCCCN1S(=O)(=O)Nc1ccc(OCC#N)cc1. The van der Waals surface area contributed by atoms with Crippen molar-refractivity contribution in [3.63, 3.8) is 0 Å². The second kappa shape index (κ2) is 6.78. The van der Waals surface area contributed by atoms with Crippen LogP contribution in [0.5, 0.6) is 5.75 Å². The zero-order chi connectivity index (χ0) is 15.3. The van der Waals surface area contributed by atoms with E-state index in [4.69, 9.17) is 10.00 Å². The van der Waals surface area contributed by atoms with Crippen LogP contribution in [0.15, 0.2) is 24.3 Å². The second-order valence-corrected chi connectivity index (χ2v) is 6.66. The van der Waals surface area contributed by atoms with Crippen LogP contribution in [-0.4, -0.2) is 31.9 Å². The van der Waals surface area contributed by atoms with E-state index in [-0.39, 0.29) is 12.6 Å². The normalized spacial score (nSPS) is 19.7. The van der Waals surface area contributed by atoms with E-state index in [1.54, 1.807) is 24.3 Å². The molecule has 21 heavy (non-hydrogen) atoms. The number of benzene rings is 1. The van der Waals surface area contributed by atoms with Crippen molar-refractivity contribution < 1.29 is 13.2 Å². The molecule has 1 aliphatic rings. The van der Waals surface area contributed by atoms with E-state index < -0.39 is 10.2 Å². The van der Waals surface area contributed by atoms with Crippen molar-refractivity contribution in [1.82, 2.24) is 4.31 Å². The minimum Gasteiger partial charge on any atom is -0.479 e. The predicted molar refractivity (Wildman–Crippen MR) is 80.1 cm³/mol. The van der Waals surface area contributed by atoms with Gasteiger partial charge in [-0.1, -0.05) is 6.42 Å². The van der Waals surface area contributed by atoms with Gasteiger partial charge in [0.25, 0.3) is 0 Å². The van der Waals surface area contributed by atoms with Gasteiger partial charge in [0.05, 0.1) is 5.69 Å². The Balaban J connectivity index is 2.04. The average molecular weight is 309 g/mol. The molecule has 6 nitrogen and oxygen atoms in total. The molecule has 1 aromatic rings. The first-order valence-corrected chi connectivity index (χ1v) is 8.36. The van der Waals surface area contributed by atoms with Crippen LogP contribution in [0.2, 0.25) is 0 Å². The highest BCUT2D eigenvalue weighted by molar-refractivity contribution is 7.90. The van der Waals surface area contributed by atoms with Crippen molar-refractivity contribution in [1.29, 1.82) is 5.26 Å². The van der Waals surface area contributed by atoms with Crippen molar-refractivity contribution in [3.05, 3.63) is 24.3 Å². The largest absolute Gasteiger partial charge is 0.479 e. The van der Waals surface area contributed by atoms with Gasteiger partial charge in [-0.25, -0.2) is 0 Å². The molecule has 114 valence electrons. The van der Waals surface area contributed by atoms with Crippen molar-refractivity contribution in [2.75, 3.05) is 17.9 Å². The van der Waals surface area contributed by atoms with Crippen LogP contribution in [0.25, 0.3) is 0 Å². The summed E-state index contributed by atoms with van der Waals surface area (Å²) in [5.41, 5.74) is 0.483. The fraction of sp³-hybridized carbons (Fsp3) is 0.500. The van der Waals surface area contributed by atoms with E-state index in [0.29, 0.717) is 18.0 Å². The Morgan fingerprint density at radius 1 is 1.38 bits per heavy atom. The molecule has 1 aliphatic heterocycles. The Morgan fingerprint density at radius 2 is 2.10 bits per heavy atom. The van der Waals surface area contributed by atoms with Crippen molar-refractivity contribution in [2.24, 2.45) is 0 Å². The minimum atomic E-state index is -3.53. The third kappa shape index (κ3) is 4.09. The van der Waals surface area contributed by atoms with Gasteiger partial charge in [0.2, 0.25) is 0 Å². The zero-order valence-electron chi connectivity index (χ0n) is 11.9. The number of hydrogen-bond acceptors (Lipinski definition) is 4. The van der Waals surface area contributed by atoms with Crippen molar-refractivity contribution >= 4 is 15.9 Å². The van der Waals surface area contributed by atoms with Gasteiger partial charge in [0, 0.05) is 12.6 Å². The lowest BCUT2D eigenvalue weighted by Crippen LogP contribution is -2.44. The summed E-state index contributed by atoms with van der Waals surface area (Å²) < 4.78 is 33.9. The van der Waals surface area contributed by atoms with Gasteiger partial charge < -0.3 is 4.74 Å². The van der Waals surface area contributed by atoms with E-state index in [2.05, 4.69) is 4.72 Å². The first kappa shape index (κ1) is 15.6. The quantitative estimate of drug-likeness (QED) is 0.903. The molecule has 1 atom stereocenters. The monoisotopic (exact) mass is 309 g/mol. The van der Waals surface area contributed by atoms with E-state index >= 15 is 0 Å². The lowest BCUT2D eigenvalue weighted by molar-refractivity contribution is 0.270. The molecule has 0 saturated carbocycles. The first-order chi connectivity index (χ1) is 10.0. The summed E-state index contributed by atoms with van der Waals surface area (Å²) in [7, 11) is -3.53. The van der Waals surface area contributed by atoms with E-state index in [1.165, 1.54) is 4.31 Å². The molecule has 0 spiro atoms. The maximum atomic E-state index is 12.4. The number of ether oxygens (including phenoxy) is 1. The van der Waals surface area contributed by atoms with Crippen LogP contribution in [0, 0.1) is 11.3 Å². The maximum absolute atomic E-state index is 12.4. The molecule has 0 amide bonds. The average Bonchev–Trinajstić information content (AvgIpc) is 2.46. The van der Waals surface area contributed by atoms with E-state index in [0.717, 1.165) is 19.3 Å². The predicted octanol–water partition coefficient (Wildman–Crippen LogP) is 2.12. The Bertz CT molecular complexity index is 607. The van der Waals surface area contributed by atoms with Crippen LogP contribution in [-0.2, 0) is 10.2 Å². The molecule has 1 unspecified atom stereocenters. The number of nitriles is 1. The highest BCUT2D eigenvalue weighted by atomic mass is 32.2. The fourth-order valence-electron chi connectivity index (χ4n) is 2.37. The molecule has 0 radical (unpaired) electrons. The van der Waals surface area contributed by atoms with Crippen LogP contribution in [0.4, 0.5) is 5.69 Å². The standard InChI is InChI=1S/C14H19N3O3S/c1-12-4-2-3-10-17(12)21(18,19)16-13-5-7-14(8-6-13)20-11-9-15/h5-8,12,16H,2-4,10-11H2,1H3. The van der Waals surface area contributed by atoms with Gasteiger partial charge in [0.1, 0.15) is 11.8 Å². The number of nitrogens with zero attached hydrogens (tertiary/aromatic N) is 2. The molecular weight excluding hydrogens is 290 g/mol. The van der Waals surface area contributed by atoms with E-state index in [9.17, 15) is 8.42 Å². The Morgan fingerprint density at radius 3 is 2.71 bits per heavy atom. The number of anilines is 1. The summed E-state index contributed by atoms with van der Waals surface area (Å²) in [4.78, 5) is 0. The number of piperidine rings is 1. The topological polar surface area (TPSA) is 82.4 Å².